The summed E-state index contributed by atoms with van der Waals surface area (Å²) in [6.45, 7) is 1.76. The molecule has 3 unspecified atom stereocenters. The van der Waals surface area contributed by atoms with Crippen LogP contribution in [0.4, 0.5) is 23.7 Å². The minimum Gasteiger partial charge on any atom is -0.466 e. The van der Waals surface area contributed by atoms with Gasteiger partial charge in [-0.25, -0.2) is 10.2 Å². The topological polar surface area (TPSA) is 117 Å². The van der Waals surface area contributed by atoms with Crippen LogP contribution < -0.4 is 20.5 Å². The molecule has 5 rings (SSSR count). The first kappa shape index (κ1) is 29.2. The second kappa shape index (κ2) is 11.9. The van der Waals surface area contributed by atoms with E-state index >= 15 is 0 Å². The molecule has 0 radical (unpaired) electrons. The smallest absolute Gasteiger partial charge is 0.466 e. The molecule has 4 amide bonds. The predicted octanol–water partition coefficient (Wildman–Crippen LogP) is 4.61. The SMILES string of the molecule is CCOC(=O)CC(=O)NNC(=O)N(C1CC1)C1c2ccccc2N(C(=O)c2ccc(OC(F)(F)F)cc2)C2CCCC21. The fourth-order valence-electron chi connectivity index (χ4n) is 6.03. The molecule has 10 nitrogen and oxygen atoms in total. The van der Waals surface area contributed by atoms with E-state index in [1.807, 2.05) is 12.1 Å². The van der Waals surface area contributed by atoms with Gasteiger partial charge in [0.2, 0.25) is 5.91 Å². The van der Waals surface area contributed by atoms with E-state index < -0.39 is 36.4 Å². The maximum absolute atomic E-state index is 13.9. The lowest BCUT2D eigenvalue weighted by Crippen LogP contribution is -2.56. The van der Waals surface area contributed by atoms with E-state index in [2.05, 4.69) is 15.6 Å². The van der Waals surface area contributed by atoms with E-state index in [4.69, 9.17) is 4.74 Å². The number of benzene rings is 2. The van der Waals surface area contributed by atoms with E-state index in [1.54, 1.807) is 28.9 Å². The minimum absolute atomic E-state index is 0.0605. The van der Waals surface area contributed by atoms with Crippen LogP contribution >= 0.6 is 0 Å². The highest BCUT2D eigenvalue weighted by atomic mass is 19.4. The molecule has 2 aliphatic carbocycles. The number of ether oxygens (including phenoxy) is 2. The maximum Gasteiger partial charge on any atom is 0.573 e. The van der Waals surface area contributed by atoms with Crippen molar-refractivity contribution in [3.05, 3.63) is 59.7 Å². The Morgan fingerprint density at radius 3 is 2.36 bits per heavy atom. The molecule has 2 N–H and O–H groups in total. The number of nitrogens with one attached hydrogen (secondary N) is 2. The van der Waals surface area contributed by atoms with Gasteiger partial charge in [-0.1, -0.05) is 24.6 Å². The maximum atomic E-state index is 13.9. The summed E-state index contributed by atoms with van der Waals surface area (Å²) in [5, 5.41) is 0. The molecule has 224 valence electrons. The summed E-state index contributed by atoms with van der Waals surface area (Å²) in [4.78, 5) is 54.6. The number of carbonyl (C=O) groups is 4. The second-order valence-corrected chi connectivity index (χ2v) is 10.5. The van der Waals surface area contributed by atoms with Crippen molar-refractivity contribution in [2.24, 2.45) is 5.92 Å². The van der Waals surface area contributed by atoms with Gasteiger partial charge in [-0.3, -0.25) is 19.8 Å². The number of rotatable bonds is 7. The standard InChI is InChI=1S/C29H31F3N4O6/c1-2-41-25(38)16-24(37)33-34-28(40)35(18-12-13-18)26-20-6-3-4-8-22(20)36(23-9-5-7-21(23)26)27(39)17-10-14-19(15-11-17)42-29(30,31)32/h3-4,6,8,10-11,14-15,18,21,23,26H,2,5,7,9,12-13,16H2,1H3,(H,33,37)(H,34,40). The van der Waals surface area contributed by atoms with Gasteiger partial charge in [0, 0.05) is 29.3 Å². The largest absolute Gasteiger partial charge is 0.573 e. The van der Waals surface area contributed by atoms with Gasteiger partial charge in [0.1, 0.15) is 12.2 Å². The van der Waals surface area contributed by atoms with E-state index in [0.717, 1.165) is 43.4 Å². The number of nitrogens with zero attached hydrogens (tertiary/aromatic N) is 2. The highest BCUT2D eigenvalue weighted by molar-refractivity contribution is 6.07. The number of alkyl halides is 3. The monoisotopic (exact) mass is 588 g/mol. The van der Waals surface area contributed by atoms with Crippen molar-refractivity contribution in [1.29, 1.82) is 0 Å². The third kappa shape index (κ3) is 6.29. The van der Waals surface area contributed by atoms with Gasteiger partial charge in [-0.15, -0.1) is 13.2 Å². The molecule has 1 heterocycles. The van der Waals surface area contributed by atoms with Crippen molar-refractivity contribution in [3.8, 4) is 5.75 Å². The van der Waals surface area contributed by atoms with Gasteiger partial charge in [-0.05, 0) is 68.5 Å². The fourth-order valence-corrected chi connectivity index (χ4v) is 6.03. The van der Waals surface area contributed by atoms with Crippen LogP contribution in [-0.4, -0.2) is 53.8 Å². The minimum atomic E-state index is -4.84. The Hall–Kier alpha value is -4.29. The molecule has 1 aliphatic heterocycles. The van der Waals surface area contributed by atoms with Crippen molar-refractivity contribution in [1.82, 2.24) is 15.8 Å². The number of anilines is 1. The van der Waals surface area contributed by atoms with Gasteiger partial charge in [0.25, 0.3) is 5.91 Å². The van der Waals surface area contributed by atoms with Crippen molar-refractivity contribution < 1.29 is 41.8 Å². The Labute approximate surface area is 240 Å². The summed E-state index contributed by atoms with van der Waals surface area (Å²) in [6.07, 6.45) is -1.55. The van der Waals surface area contributed by atoms with E-state index in [1.165, 1.54) is 12.1 Å². The molecule has 0 spiro atoms. The first-order chi connectivity index (χ1) is 20.1. The number of halogens is 3. The van der Waals surface area contributed by atoms with Crippen molar-refractivity contribution in [2.75, 3.05) is 11.5 Å². The Kier molecular flexibility index (Phi) is 8.28. The Bertz CT molecular complexity index is 1350. The molecule has 2 fully saturated rings. The van der Waals surface area contributed by atoms with Crippen LogP contribution in [0.2, 0.25) is 0 Å². The number of amides is 4. The van der Waals surface area contributed by atoms with E-state index in [9.17, 15) is 32.3 Å². The summed E-state index contributed by atoms with van der Waals surface area (Å²) >= 11 is 0. The van der Waals surface area contributed by atoms with Gasteiger partial charge >= 0.3 is 18.4 Å². The molecule has 2 aromatic rings. The van der Waals surface area contributed by atoms with Crippen LogP contribution in [-0.2, 0) is 14.3 Å². The third-order valence-electron chi connectivity index (χ3n) is 7.73. The Morgan fingerprint density at radius 1 is 0.976 bits per heavy atom. The summed E-state index contributed by atoms with van der Waals surface area (Å²) in [7, 11) is 0. The van der Waals surface area contributed by atoms with Crippen LogP contribution in [0.1, 0.15) is 67.4 Å². The molecule has 42 heavy (non-hydrogen) atoms. The van der Waals surface area contributed by atoms with Crippen LogP contribution in [0.15, 0.2) is 48.5 Å². The van der Waals surface area contributed by atoms with Gasteiger partial charge in [0.15, 0.2) is 0 Å². The van der Waals surface area contributed by atoms with Gasteiger partial charge < -0.3 is 19.3 Å². The molecular formula is C29H31F3N4O6. The van der Waals surface area contributed by atoms with Crippen molar-refractivity contribution in [3.63, 3.8) is 0 Å². The number of carbonyl (C=O) groups excluding carboxylic acids is 4. The molecule has 3 aliphatic rings. The van der Waals surface area contributed by atoms with Crippen LogP contribution in [0.3, 0.4) is 0 Å². The first-order valence-corrected chi connectivity index (χ1v) is 13.9. The highest BCUT2D eigenvalue weighted by Crippen LogP contribution is 2.52. The summed E-state index contributed by atoms with van der Waals surface area (Å²) < 4.78 is 46.6. The summed E-state index contributed by atoms with van der Waals surface area (Å²) in [5.74, 6) is -2.30. The molecule has 0 aromatic heterocycles. The number of urea groups is 1. The number of fused-ring (bicyclic) bond motifs is 2. The molecular weight excluding hydrogens is 557 g/mol. The number of esters is 1. The average Bonchev–Trinajstić information content (AvgIpc) is 3.66. The zero-order valence-electron chi connectivity index (χ0n) is 22.9. The summed E-state index contributed by atoms with van der Waals surface area (Å²) in [5.41, 5.74) is 6.35. The van der Waals surface area contributed by atoms with Crippen LogP contribution in [0, 0.1) is 5.92 Å². The van der Waals surface area contributed by atoms with Crippen molar-refractivity contribution in [2.45, 2.75) is 69.9 Å². The average molecular weight is 589 g/mol. The molecule has 2 saturated carbocycles. The molecule has 2 aromatic carbocycles. The zero-order valence-corrected chi connectivity index (χ0v) is 22.9. The second-order valence-electron chi connectivity index (χ2n) is 10.5. The Balaban J connectivity index is 1.40. The van der Waals surface area contributed by atoms with Crippen LogP contribution in [0.25, 0.3) is 0 Å². The van der Waals surface area contributed by atoms with Crippen LogP contribution in [0.5, 0.6) is 5.75 Å². The Morgan fingerprint density at radius 2 is 1.69 bits per heavy atom. The van der Waals surface area contributed by atoms with E-state index in [0.29, 0.717) is 12.1 Å². The number of hydrogen-bond donors (Lipinski definition) is 2. The van der Waals surface area contributed by atoms with Gasteiger partial charge in [-0.2, -0.15) is 0 Å². The molecule has 3 atom stereocenters. The number of hydrazine groups is 1. The third-order valence-corrected chi connectivity index (χ3v) is 7.73. The lowest BCUT2D eigenvalue weighted by molar-refractivity contribution is -0.274. The normalized spacial score (nSPS) is 21.0. The fraction of sp³-hybridized carbons (Fsp3) is 0.448. The highest BCUT2D eigenvalue weighted by Gasteiger charge is 2.51. The van der Waals surface area contributed by atoms with E-state index in [-0.39, 0.29) is 42.1 Å². The molecule has 0 saturated heterocycles. The number of hydrogen-bond acceptors (Lipinski definition) is 6. The first-order valence-electron chi connectivity index (χ1n) is 13.9. The quantitative estimate of drug-likeness (QED) is 0.277. The molecule has 13 heteroatoms. The lowest BCUT2D eigenvalue weighted by Gasteiger charge is -2.47. The van der Waals surface area contributed by atoms with Crippen molar-refractivity contribution >= 4 is 29.5 Å². The summed E-state index contributed by atoms with van der Waals surface area (Å²) in [6, 6.07) is 10.9. The predicted molar refractivity (Wildman–Crippen MR) is 143 cm³/mol. The van der Waals surface area contributed by atoms with Gasteiger partial charge in [0.05, 0.1) is 12.6 Å². The molecule has 0 bridgehead atoms. The lowest BCUT2D eigenvalue weighted by atomic mass is 9.81. The zero-order chi connectivity index (χ0) is 30.0. The number of para-hydroxylation sites is 1.